The van der Waals surface area contributed by atoms with Crippen molar-refractivity contribution in [3.05, 3.63) is 0 Å². The number of hydrogen-bond donors (Lipinski definition) is 1. The SMILES string of the molecule is C[C@H]1CCC[C@@H]1N[C@@H]1CCS(=O)(=O)C1. The highest BCUT2D eigenvalue weighted by atomic mass is 32.2. The van der Waals surface area contributed by atoms with E-state index in [1.54, 1.807) is 0 Å². The fraction of sp³-hybridized carbons (Fsp3) is 1.00. The standard InChI is InChI=1S/C10H19NO2S/c1-8-3-2-4-10(8)11-9-5-6-14(12,13)7-9/h8-11H,2-7H2,1H3/t8-,9+,10-/m0/s1. The second-order valence-electron chi connectivity index (χ2n) is 4.78. The summed E-state index contributed by atoms with van der Waals surface area (Å²) in [7, 11) is -2.72. The molecule has 14 heavy (non-hydrogen) atoms. The maximum absolute atomic E-state index is 11.3. The van der Waals surface area contributed by atoms with Crippen LogP contribution in [-0.2, 0) is 9.84 Å². The molecule has 0 amide bonds. The summed E-state index contributed by atoms with van der Waals surface area (Å²) in [6.07, 6.45) is 4.61. The summed E-state index contributed by atoms with van der Waals surface area (Å²) >= 11 is 0. The number of sulfone groups is 1. The topological polar surface area (TPSA) is 46.2 Å². The van der Waals surface area contributed by atoms with E-state index in [0.29, 0.717) is 17.5 Å². The molecule has 2 fully saturated rings. The molecule has 1 saturated carbocycles. The Labute approximate surface area is 86.2 Å². The van der Waals surface area contributed by atoms with Crippen molar-refractivity contribution in [3.8, 4) is 0 Å². The van der Waals surface area contributed by atoms with Gasteiger partial charge in [-0.3, -0.25) is 0 Å². The van der Waals surface area contributed by atoms with Crippen molar-refractivity contribution >= 4 is 9.84 Å². The van der Waals surface area contributed by atoms with Gasteiger partial charge in [-0.05, 0) is 25.2 Å². The van der Waals surface area contributed by atoms with Crippen LogP contribution in [0, 0.1) is 5.92 Å². The van der Waals surface area contributed by atoms with Crippen LogP contribution in [0.3, 0.4) is 0 Å². The van der Waals surface area contributed by atoms with Crippen molar-refractivity contribution in [2.24, 2.45) is 5.92 Å². The Morgan fingerprint density at radius 3 is 2.50 bits per heavy atom. The molecule has 0 bridgehead atoms. The lowest BCUT2D eigenvalue weighted by Crippen LogP contribution is -2.40. The molecule has 2 aliphatic rings. The third-order valence-corrected chi connectivity index (χ3v) is 5.31. The molecule has 3 nitrogen and oxygen atoms in total. The molecule has 1 aliphatic heterocycles. The van der Waals surface area contributed by atoms with E-state index in [1.807, 2.05) is 0 Å². The Bertz CT molecular complexity index is 299. The molecule has 0 aromatic rings. The first-order valence-corrected chi connectivity index (χ1v) is 7.35. The Kier molecular flexibility index (Phi) is 2.84. The van der Waals surface area contributed by atoms with Crippen molar-refractivity contribution in [3.63, 3.8) is 0 Å². The van der Waals surface area contributed by atoms with Gasteiger partial charge in [-0.1, -0.05) is 13.3 Å². The van der Waals surface area contributed by atoms with E-state index in [1.165, 1.54) is 19.3 Å². The summed E-state index contributed by atoms with van der Waals surface area (Å²) < 4.78 is 22.5. The van der Waals surface area contributed by atoms with Crippen LogP contribution in [0.1, 0.15) is 32.6 Å². The smallest absolute Gasteiger partial charge is 0.151 e. The Morgan fingerprint density at radius 2 is 2.00 bits per heavy atom. The zero-order valence-electron chi connectivity index (χ0n) is 8.70. The lowest BCUT2D eigenvalue weighted by atomic mass is 10.1. The fourth-order valence-electron chi connectivity index (χ4n) is 2.62. The molecule has 0 aromatic heterocycles. The summed E-state index contributed by atoms with van der Waals surface area (Å²) in [4.78, 5) is 0. The third-order valence-electron chi connectivity index (χ3n) is 3.54. The van der Waals surface area contributed by atoms with Gasteiger partial charge in [-0.25, -0.2) is 8.42 Å². The molecule has 3 atom stereocenters. The number of hydrogen-bond acceptors (Lipinski definition) is 3. The highest BCUT2D eigenvalue weighted by Gasteiger charge is 2.32. The van der Waals surface area contributed by atoms with E-state index in [0.717, 1.165) is 12.3 Å². The van der Waals surface area contributed by atoms with Gasteiger partial charge in [0.1, 0.15) is 0 Å². The zero-order chi connectivity index (χ0) is 10.2. The summed E-state index contributed by atoms with van der Waals surface area (Å²) in [5.74, 6) is 1.46. The Hall–Kier alpha value is -0.0900. The lowest BCUT2D eigenvalue weighted by Gasteiger charge is -2.21. The van der Waals surface area contributed by atoms with Gasteiger partial charge >= 0.3 is 0 Å². The number of nitrogens with one attached hydrogen (secondary N) is 1. The molecule has 4 heteroatoms. The van der Waals surface area contributed by atoms with Gasteiger partial charge in [0.05, 0.1) is 11.5 Å². The van der Waals surface area contributed by atoms with E-state index in [4.69, 9.17) is 0 Å². The summed E-state index contributed by atoms with van der Waals surface area (Å²) in [5, 5.41) is 3.50. The van der Waals surface area contributed by atoms with E-state index in [2.05, 4.69) is 12.2 Å². The first kappa shape index (κ1) is 10.4. The van der Waals surface area contributed by atoms with E-state index < -0.39 is 9.84 Å². The lowest BCUT2D eigenvalue weighted by molar-refractivity contribution is 0.386. The predicted molar refractivity (Wildman–Crippen MR) is 57.0 cm³/mol. The molecule has 1 saturated heterocycles. The third kappa shape index (κ3) is 2.28. The van der Waals surface area contributed by atoms with Gasteiger partial charge < -0.3 is 5.32 Å². The van der Waals surface area contributed by atoms with Crippen molar-refractivity contribution < 1.29 is 8.42 Å². The molecule has 1 heterocycles. The second-order valence-corrected chi connectivity index (χ2v) is 7.01. The van der Waals surface area contributed by atoms with Gasteiger partial charge in [0.25, 0.3) is 0 Å². The van der Waals surface area contributed by atoms with Gasteiger partial charge in [0.2, 0.25) is 0 Å². The average molecular weight is 217 g/mol. The van der Waals surface area contributed by atoms with Gasteiger partial charge in [-0.2, -0.15) is 0 Å². The van der Waals surface area contributed by atoms with Crippen LogP contribution in [-0.4, -0.2) is 32.0 Å². The molecule has 0 spiro atoms. The molecule has 0 aromatic carbocycles. The van der Waals surface area contributed by atoms with Crippen LogP contribution in [0.25, 0.3) is 0 Å². The van der Waals surface area contributed by atoms with Crippen LogP contribution in [0.4, 0.5) is 0 Å². The molecular formula is C10H19NO2S. The van der Waals surface area contributed by atoms with E-state index >= 15 is 0 Å². The highest BCUT2D eigenvalue weighted by molar-refractivity contribution is 7.91. The van der Waals surface area contributed by atoms with Crippen LogP contribution in [0.5, 0.6) is 0 Å². The van der Waals surface area contributed by atoms with E-state index in [9.17, 15) is 8.42 Å². The Morgan fingerprint density at radius 1 is 1.21 bits per heavy atom. The minimum atomic E-state index is -2.72. The molecular weight excluding hydrogens is 198 g/mol. The minimum Gasteiger partial charge on any atom is -0.310 e. The van der Waals surface area contributed by atoms with Crippen molar-refractivity contribution in [2.45, 2.75) is 44.7 Å². The molecule has 1 aliphatic carbocycles. The number of rotatable bonds is 2. The van der Waals surface area contributed by atoms with Crippen LogP contribution < -0.4 is 5.32 Å². The zero-order valence-corrected chi connectivity index (χ0v) is 9.52. The fourth-order valence-corrected chi connectivity index (χ4v) is 4.31. The maximum atomic E-state index is 11.3. The normalized spacial score (nSPS) is 41.6. The highest BCUT2D eigenvalue weighted by Crippen LogP contribution is 2.26. The predicted octanol–water partition coefficient (Wildman–Crippen LogP) is 0.952. The molecule has 82 valence electrons. The summed E-state index contributed by atoms with van der Waals surface area (Å²) in [6, 6.07) is 0.791. The van der Waals surface area contributed by atoms with Crippen molar-refractivity contribution in [1.82, 2.24) is 5.32 Å². The second kappa shape index (κ2) is 3.81. The van der Waals surface area contributed by atoms with Gasteiger partial charge in [0.15, 0.2) is 9.84 Å². The van der Waals surface area contributed by atoms with Crippen LogP contribution >= 0.6 is 0 Å². The van der Waals surface area contributed by atoms with Crippen LogP contribution in [0.2, 0.25) is 0 Å². The molecule has 0 unspecified atom stereocenters. The van der Waals surface area contributed by atoms with Crippen molar-refractivity contribution in [2.75, 3.05) is 11.5 Å². The quantitative estimate of drug-likeness (QED) is 0.749. The summed E-state index contributed by atoms with van der Waals surface area (Å²) in [6.45, 7) is 2.26. The molecule has 0 radical (unpaired) electrons. The minimum absolute atomic E-state index is 0.227. The maximum Gasteiger partial charge on any atom is 0.151 e. The molecule has 1 N–H and O–H groups in total. The average Bonchev–Trinajstić information content (AvgIpc) is 2.61. The van der Waals surface area contributed by atoms with Crippen LogP contribution in [0.15, 0.2) is 0 Å². The monoisotopic (exact) mass is 217 g/mol. The molecule has 2 rings (SSSR count). The first-order valence-electron chi connectivity index (χ1n) is 5.53. The van der Waals surface area contributed by atoms with Gasteiger partial charge in [0, 0.05) is 12.1 Å². The van der Waals surface area contributed by atoms with Crippen molar-refractivity contribution in [1.29, 1.82) is 0 Å². The first-order chi connectivity index (χ1) is 6.57. The largest absolute Gasteiger partial charge is 0.310 e. The Balaban J connectivity index is 1.87. The summed E-state index contributed by atoms with van der Waals surface area (Å²) in [5.41, 5.74) is 0. The van der Waals surface area contributed by atoms with Gasteiger partial charge in [-0.15, -0.1) is 0 Å². The van der Waals surface area contributed by atoms with E-state index in [-0.39, 0.29) is 6.04 Å².